The minimum Gasteiger partial charge on any atom is -0.297 e. The van der Waals surface area contributed by atoms with E-state index >= 15 is 0 Å². The molecule has 0 unspecified atom stereocenters. The van der Waals surface area contributed by atoms with Crippen molar-refractivity contribution in [2.45, 2.75) is 32.9 Å². The lowest BCUT2D eigenvalue weighted by atomic mass is 10.1. The Morgan fingerprint density at radius 3 is 2.40 bits per heavy atom. The molecule has 0 spiro atoms. The quantitative estimate of drug-likeness (QED) is 0.747. The number of benzene rings is 1. The van der Waals surface area contributed by atoms with Crippen molar-refractivity contribution in [3.05, 3.63) is 34.6 Å². The molecule has 0 radical (unpaired) electrons. The molecule has 1 rings (SSSR count). The van der Waals surface area contributed by atoms with Crippen LogP contribution in [0.25, 0.3) is 0 Å². The zero-order valence-corrected chi connectivity index (χ0v) is 10.4. The monoisotopic (exact) mass is 229 g/mol. The molecule has 1 nitrogen and oxygen atoms in total. The van der Waals surface area contributed by atoms with Gasteiger partial charge in [0.2, 0.25) is 0 Å². The van der Waals surface area contributed by atoms with E-state index in [0.717, 1.165) is 12.1 Å². The molecule has 0 atom stereocenters. The third kappa shape index (κ3) is 3.47. The molecule has 0 N–H and O–H groups in total. The summed E-state index contributed by atoms with van der Waals surface area (Å²) in [6.07, 6.45) is 0. The van der Waals surface area contributed by atoms with E-state index in [4.69, 9.17) is 11.6 Å². The molecule has 0 saturated carbocycles. The van der Waals surface area contributed by atoms with E-state index in [9.17, 15) is 4.39 Å². The first-order valence-corrected chi connectivity index (χ1v) is 5.33. The average molecular weight is 230 g/mol. The maximum atomic E-state index is 12.9. The van der Waals surface area contributed by atoms with Gasteiger partial charge in [-0.2, -0.15) is 0 Å². The van der Waals surface area contributed by atoms with E-state index in [1.807, 2.05) is 7.05 Å². The molecule has 0 saturated heterocycles. The summed E-state index contributed by atoms with van der Waals surface area (Å²) in [4.78, 5) is 2.19. The van der Waals surface area contributed by atoms with E-state index < -0.39 is 0 Å². The Kier molecular flexibility index (Phi) is 3.74. The minimum atomic E-state index is -0.362. The van der Waals surface area contributed by atoms with Crippen LogP contribution in [-0.2, 0) is 6.54 Å². The molecule has 0 amide bonds. The smallest absolute Gasteiger partial charge is 0.141 e. The van der Waals surface area contributed by atoms with Crippen molar-refractivity contribution in [2.75, 3.05) is 7.05 Å². The molecule has 0 aliphatic rings. The van der Waals surface area contributed by atoms with Crippen LogP contribution in [0.15, 0.2) is 18.2 Å². The van der Waals surface area contributed by atoms with Crippen molar-refractivity contribution in [3.8, 4) is 0 Å². The summed E-state index contributed by atoms with van der Waals surface area (Å²) in [6, 6.07) is 4.86. The highest BCUT2D eigenvalue weighted by atomic mass is 35.5. The standard InChI is InChI=1S/C12H17ClFN/c1-12(2,3)15(4)8-9-5-6-11(14)10(13)7-9/h5-7H,8H2,1-4H3. The highest BCUT2D eigenvalue weighted by Crippen LogP contribution is 2.19. The average Bonchev–Trinajstić information content (AvgIpc) is 2.10. The summed E-state index contributed by atoms with van der Waals surface area (Å²) in [7, 11) is 2.04. The van der Waals surface area contributed by atoms with Crippen LogP contribution in [0.3, 0.4) is 0 Å². The van der Waals surface area contributed by atoms with Gasteiger partial charge in [0.25, 0.3) is 0 Å². The number of nitrogens with zero attached hydrogens (tertiary/aromatic N) is 1. The van der Waals surface area contributed by atoms with Gasteiger partial charge in [-0.25, -0.2) is 4.39 Å². The van der Waals surface area contributed by atoms with Crippen LogP contribution < -0.4 is 0 Å². The summed E-state index contributed by atoms with van der Waals surface area (Å²) >= 11 is 5.72. The maximum absolute atomic E-state index is 12.9. The van der Waals surface area contributed by atoms with Gasteiger partial charge in [-0.1, -0.05) is 17.7 Å². The van der Waals surface area contributed by atoms with E-state index in [1.165, 1.54) is 6.07 Å². The first kappa shape index (κ1) is 12.5. The Hall–Kier alpha value is -0.600. The summed E-state index contributed by atoms with van der Waals surface area (Å²) < 4.78 is 12.9. The van der Waals surface area contributed by atoms with E-state index in [1.54, 1.807) is 12.1 Å². The first-order valence-electron chi connectivity index (χ1n) is 4.96. The van der Waals surface area contributed by atoms with Crippen LogP contribution in [-0.4, -0.2) is 17.5 Å². The van der Waals surface area contributed by atoms with Gasteiger partial charge in [0.1, 0.15) is 5.82 Å². The van der Waals surface area contributed by atoms with Crippen LogP contribution in [0.1, 0.15) is 26.3 Å². The SMILES string of the molecule is CN(Cc1ccc(F)c(Cl)c1)C(C)(C)C. The fourth-order valence-electron chi connectivity index (χ4n) is 1.15. The second-order valence-electron chi connectivity index (χ2n) is 4.78. The summed E-state index contributed by atoms with van der Waals surface area (Å²) in [5.41, 5.74) is 1.12. The third-order valence-corrected chi connectivity index (χ3v) is 2.84. The second-order valence-corrected chi connectivity index (χ2v) is 5.18. The Morgan fingerprint density at radius 1 is 1.33 bits per heavy atom. The number of hydrogen-bond acceptors (Lipinski definition) is 1. The third-order valence-electron chi connectivity index (χ3n) is 2.55. The molecule has 15 heavy (non-hydrogen) atoms. The Balaban J connectivity index is 2.78. The Labute approximate surface area is 95.8 Å². The van der Waals surface area contributed by atoms with Gasteiger partial charge in [-0.3, -0.25) is 4.90 Å². The number of hydrogen-bond donors (Lipinski definition) is 0. The molecule has 0 fully saturated rings. The molecule has 0 aromatic heterocycles. The Morgan fingerprint density at radius 2 is 1.93 bits per heavy atom. The van der Waals surface area contributed by atoms with Crippen molar-refractivity contribution in [3.63, 3.8) is 0 Å². The molecular weight excluding hydrogens is 213 g/mol. The zero-order valence-electron chi connectivity index (χ0n) is 9.64. The van der Waals surface area contributed by atoms with Gasteiger partial charge in [0.05, 0.1) is 5.02 Å². The minimum absolute atomic E-state index is 0.0981. The van der Waals surface area contributed by atoms with Gasteiger partial charge in [0.15, 0.2) is 0 Å². The molecule has 1 aromatic carbocycles. The molecule has 1 aromatic rings. The summed E-state index contributed by atoms with van der Waals surface area (Å²) in [6.45, 7) is 7.18. The first-order chi connectivity index (χ1) is 6.80. The largest absolute Gasteiger partial charge is 0.297 e. The van der Waals surface area contributed by atoms with Crippen LogP contribution >= 0.6 is 11.6 Å². The second kappa shape index (κ2) is 4.50. The van der Waals surface area contributed by atoms with Crippen LogP contribution in [0.2, 0.25) is 5.02 Å². The summed E-state index contributed by atoms with van der Waals surface area (Å²) in [5, 5.41) is 0.190. The van der Waals surface area contributed by atoms with Crippen LogP contribution in [0.4, 0.5) is 4.39 Å². The lowest BCUT2D eigenvalue weighted by molar-refractivity contribution is 0.167. The van der Waals surface area contributed by atoms with Crippen molar-refractivity contribution in [2.24, 2.45) is 0 Å². The number of halogens is 2. The van der Waals surface area contributed by atoms with E-state index in [2.05, 4.69) is 25.7 Å². The van der Waals surface area contributed by atoms with Crippen molar-refractivity contribution < 1.29 is 4.39 Å². The fraction of sp³-hybridized carbons (Fsp3) is 0.500. The molecule has 0 aliphatic carbocycles. The molecule has 0 heterocycles. The highest BCUT2D eigenvalue weighted by molar-refractivity contribution is 6.30. The summed E-state index contributed by atoms with van der Waals surface area (Å²) in [5.74, 6) is -0.362. The van der Waals surface area contributed by atoms with Gasteiger partial charge in [-0.05, 0) is 45.5 Å². The fourth-order valence-corrected chi connectivity index (χ4v) is 1.35. The van der Waals surface area contributed by atoms with Crippen molar-refractivity contribution in [1.29, 1.82) is 0 Å². The molecule has 3 heteroatoms. The van der Waals surface area contributed by atoms with Crippen molar-refractivity contribution >= 4 is 11.6 Å². The van der Waals surface area contributed by atoms with Gasteiger partial charge in [0, 0.05) is 12.1 Å². The predicted octanol–water partition coefficient (Wildman–Crippen LogP) is 3.71. The van der Waals surface area contributed by atoms with Crippen LogP contribution in [0, 0.1) is 5.82 Å². The van der Waals surface area contributed by atoms with Gasteiger partial charge < -0.3 is 0 Å². The van der Waals surface area contributed by atoms with E-state index in [-0.39, 0.29) is 16.4 Å². The van der Waals surface area contributed by atoms with Crippen LogP contribution in [0.5, 0.6) is 0 Å². The molecule has 0 aliphatic heterocycles. The van der Waals surface area contributed by atoms with Gasteiger partial charge >= 0.3 is 0 Å². The normalized spacial score (nSPS) is 12.2. The molecule has 84 valence electrons. The maximum Gasteiger partial charge on any atom is 0.141 e. The van der Waals surface area contributed by atoms with Crippen molar-refractivity contribution in [1.82, 2.24) is 4.90 Å². The van der Waals surface area contributed by atoms with Gasteiger partial charge in [-0.15, -0.1) is 0 Å². The molecular formula is C12H17ClFN. The predicted molar refractivity (Wildman–Crippen MR) is 62.6 cm³/mol. The molecule has 0 bridgehead atoms. The number of rotatable bonds is 2. The van der Waals surface area contributed by atoms with E-state index in [0.29, 0.717) is 0 Å². The lowest BCUT2D eigenvalue weighted by Gasteiger charge is -2.31. The lowest BCUT2D eigenvalue weighted by Crippen LogP contribution is -2.37. The topological polar surface area (TPSA) is 3.24 Å². The zero-order chi connectivity index (χ0) is 11.6. The Bertz CT molecular complexity index is 344. The highest BCUT2D eigenvalue weighted by Gasteiger charge is 2.17.